The van der Waals surface area contributed by atoms with E-state index in [1.807, 2.05) is 0 Å². The van der Waals surface area contributed by atoms with Crippen LogP contribution in [0.15, 0.2) is 29.2 Å². The Morgan fingerprint density at radius 3 is 3.06 bits per heavy atom. The van der Waals surface area contributed by atoms with Gasteiger partial charge in [0, 0.05) is 18.5 Å². The number of carbonyl (C=O) groups excluding carboxylic acids is 1. The van der Waals surface area contributed by atoms with Gasteiger partial charge in [0.1, 0.15) is 5.69 Å². The van der Waals surface area contributed by atoms with E-state index in [0.29, 0.717) is 18.1 Å². The largest absolute Gasteiger partial charge is 0.461 e. The van der Waals surface area contributed by atoms with E-state index in [2.05, 4.69) is 15.1 Å². The predicted octanol–water partition coefficient (Wildman–Crippen LogP) is 1.31. The molecule has 16 heavy (non-hydrogen) atoms. The van der Waals surface area contributed by atoms with Gasteiger partial charge in [-0.3, -0.25) is 4.98 Å². The Morgan fingerprint density at radius 2 is 2.38 bits per heavy atom. The van der Waals surface area contributed by atoms with Crippen molar-refractivity contribution in [1.82, 2.24) is 15.1 Å². The molecule has 0 saturated carbocycles. The van der Waals surface area contributed by atoms with Crippen molar-refractivity contribution in [3.63, 3.8) is 0 Å². The molecule has 0 N–H and O–H groups in total. The Balaban J connectivity index is 2.23. The molecule has 0 saturated heterocycles. The topological polar surface area (TPSA) is 78.1 Å². The Bertz CT molecular complexity index is 481. The molecule has 0 atom stereocenters. The fourth-order valence-electron chi connectivity index (χ4n) is 1.12. The smallest absolute Gasteiger partial charge is 0.360 e. The van der Waals surface area contributed by atoms with Crippen molar-refractivity contribution in [2.75, 3.05) is 6.61 Å². The van der Waals surface area contributed by atoms with Crippen LogP contribution in [0.4, 0.5) is 0 Å². The molecule has 82 valence electrons. The zero-order valence-corrected chi connectivity index (χ0v) is 8.58. The van der Waals surface area contributed by atoms with E-state index in [0.717, 1.165) is 0 Å². The normalized spacial score (nSPS) is 10.1. The number of hydrogen-bond acceptors (Lipinski definition) is 6. The quantitative estimate of drug-likeness (QED) is 0.724. The number of carbonyl (C=O) groups is 1. The van der Waals surface area contributed by atoms with E-state index in [1.54, 1.807) is 13.1 Å². The molecule has 2 rings (SSSR count). The first-order valence-corrected chi connectivity index (χ1v) is 4.71. The molecule has 0 radical (unpaired) electrons. The molecule has 0 aliphatic carbocycles. The number of nitrogens with zero attached hydrogens (tertiary/aromatic N) is 3. The van der Waals surface area contributed by atoms with Crippen LogP contribution in [0.2, 0.25) is 0 Å². The molecule has 0 fully saturated rings. The summed E-state index contributed by atoms with van der Waals surface area (Å²) in [5, 5.41) is 3.59. The number of hydrogen-bond donors (Lipinski definition) is 0. The van der Waals surface area contributed by atoms with Crippen molar-refractivity contribution < 1.29 is 14.1 Å². The van der Waals surface area contributed by atoms with Gasteiger partial charge in [-0.05, 0) is 6.92 Å². The van der Waals surface area contributed by atoms with Gasteiger partial charge < -0.3 is 9.26 Å². The van der Waals surface area contributed by atoms with Crippen LogP contribution in [0.3, 0.4) is 0 Å². The SMILES string of the molecule is CCOC(=O)c1cc(-c2cnccn2)on1. The maximum Gasteiger partial charge on any atom is 0.360 e. The van der Waals surface area contributed by atoms with Crippen LogP contribution in [0.1, 0.15) is 17.4 Å². The average molecular weight is 219 g/mol. The van der Waals surface area contributed by atoms with E-state index < -0.39 is 5.97 Å². The highest BCUT2D eigenvalue weighted by molar-refractivity contribution is 5.88. The highest BCUT2D eigenvalue weighted by Gasteiger charge is 2.14. The molecular weight excluding hydrogens is 210 g/mol. The van der Waals surface area contributed by atoms with Crippen molar-refractivity contribution in [3.8, 4) is 11.5 Å². The summed E-state index contributed by atoms with van der Waals surface area (Å²) in [6, 6.07) is 1.47. The molecule has 2 aromatic rings. The Hall–Kier alpha value is -2.24. The lowest BCUT2D eigenvalue weighted by molar-refractivity contribution is 0.0514. The molecule has 2 aromatic heterocycles. The minimum absolute atomic E-state index is 0.127. The number of esters is 1. The van der Waals surface area contributed by atoms with Gasteiger partial charge in [0.05, 0.1) is 12.8 Å². The van der Waals surface area contributed by atoms with Gasteiger partial charge in [-0.1, -0.05) is 5.16 Å². The summed E-state index contributed by atoms with van der Waals surface area (Å²) in [6.07, 6.45) is 4.60. The van der Waals surface area contributed by atoms with Crippen molar-refractivity contribution in [3.05, 3.63) is 30.4 Å². The summed E-state index contributed by atoms with van der Waals surface area (Å²) in [6.45, 7) is 2.02. The summed E-state index contributed by atoms with van der Waals surface area (Å²) in [7, 11) is 0. The molecule has 0 amide bonds. The third kappa shape index (κ3) is 2.05. The first-order chi connectivity index (χ1) is 7.81. The lowest BCUT2D eigenvalue weighted by Gasteiger charge is -1.94. The maximum absolute atomic E-state index is 11.3. The second kappa shape index (κ2) is 4.52. The van der Waals surface area contributed by atoms with Crippen LogP contribution in [0.5, 0.6) is 0 Å². The van der Waals surface area contributed by atoms with E-state index in [9.17, 15) is 4.79 Å². The zero-order valence-electron chi connectivity index (χ0n) is 8.58. The highest BCUT2D eigenvalue weighted by Crippen LogP contribution is 2.16. The molecule has 0 bridgehead atoms. The molecule has 0 spiro atoms. The summed E-state index contributed by atoms with van der Waals surface area (Å²) < 4.78 is 9.74. The Morgan fingerprint density at radius 1 is 1.50 bits per heavy atom. The molecule has 0 aliphatic rings. The van der Waals surface area contributed by atoms with Gasteiger partial charge >= 0.3 is 5.97 Å². The minimum atomic E-state index is -0.513. The van der Waals surface area contributed by atoms with E-state index in [1.165, 1.54) is 18.5 Å². The molecule has 6 heteroatoms. The van der Waals surface area contributed by atoms with Crippen molar-refractivity contribution in [2.24, 2.45) is 0 Å². The standard InChI is InChI=1S/C10H9N3O3/c1-2-15-10(14)7-5-9(16-13-7)8-6-11-3-4-12-8/h3-6H,2H2,1H3. The van der Waals surface area contributed by atoms with Crippen molar-refractivity contribution in [1.29, 1.82) is 0 Å². The molecule has 6 nitrogen and oxygen atoms in total. The van der Waals surface area contributed by atoms with E-state index >= 15 is 0 Å². The van der Waals surface area contributed by atoms with Gasteiger partial charge in [-0.2, -0.15) is 0 Å². The summed E-state index contributed by atoms with van der Waals surface area (Å²) in [5.41, 5.74) is 0.646. The van der Waals surface area contributed by atoms with Crippen LogP contribution in [0, 0.1) is 0 Å². The first-order valence-electron chi connectivity index (χ1n) is 4.71. The van der Waals surface area contributed by atoms with Gasteiger partial charge in [0.2, 0.25) is 0 Å². The average Bonchev–Trinajstić information content (AvgIpc) is 2.80. The second-order valence-corrected chi connectivity index (χ2v) is 2.89. The van der Waals surface area contributed by atoms with Gasteiger partial charge in [0.15, 0.2) is 11.5 Å². The minimum Gasteiger partial charge on any atom is -0.461 e. The Kier molecular flexibility index (Phi) is 2.90. The lowest BCUT2D eigenvalue weighted by atomic mass is 10.3. The van der Waals surface area contributed by atoms with Gasteiger partial charge in [-0.15, -0.1) is 0 Å². The second-order valence-electron chi connectivity index (χ2n) is 2.89. The van der Waals surface area contributed by atoms with Crippen molar-refractivity contribution >= 4 is 5.97 Å². The molecule has 0 aliphatic heterocycles. The van der Waals surface area contributed by atoms with Crippen LogP contribution in [0.25, 0.3) is 11.5 Å². The third-order valence-electron chi connectivity index (χ3n) is 1.81. The summed E-state index contributed by atoms with van der Waals surface area (Å²) in [4.78, 5) is 19.2. The van der Waals surface area contributed by atoms with Gasteiger partial charge in [0.25, 0.3) is 0 Å². The zero-order chi connectivity index (χ0) is 11.4. The van der Waals surface area contributed by atoms with Crippen LogP contribution >= 0.6 is 0 Å². The predicted molar refractivity (Wildman–Crippen MR) is 53.5 cm³/mol. The third-order valence-corrected chi connectivity index (χ3v) is 1.81. The monoisotopic (exact) mass is 219 g/mol. The fourth-order valence-corrected chi connectivity index (χ4v) is 1.12. The lowest BCUT2D eigenvalue weighted by Crippen LogP contribution is -2.04. The summed E-state index contributed by atoms with van der Waals surface area (Å²) >= 11 is 0. The molecule has 2 heterocycles. The van der Waals surface area contributed by atoms with E-state index in [-0.39, 0.29) is 5.69 Å². The maximum atomic E-state index is 11.3. The van der Waals surface area contributed by atoms with E-state index in [4.69, 9.17) is 9.26 Å². The molecule has 0 aromatic carbocycles. The van der Waals surface area contributed by atoms with Gasteiger partial charge in [-0.25, -0.2) is 9.78 Å². The molecular formula is C10H9N3O3. The van der Waals surface area contributed by atoms with Crippen LogP contribution in [-0.4, -0.2) is 27.7 Å². The van der Waals surface area contributed by atoms with Crippen LogP contribution in [-0.2, 0) is 4.74 Å². The number of aromatic nitrogens is 3. The number of ether oxygens (including phenoxy) is 1. The highest BCUT2D eigenvalue weighted by atomic mass is 16.5. The van der Waals surface area contributed by atoms with Crippen LogP contribution < -0.4 is 0 Å². The first kappa shape index (κ1) is 10.3. The molecule has 0 unspecified atom stereocenters. The number of rotatable bonds is 3. The van der Waals surface area contributed by atoms with Crippen molar-refractivity contribution in [2.45, 2.75) is 6.92 Å². The summed E-state index contributed by atoms with van der Waals surface area (Å²) in [5.74, 6) is -0.127. The Labute approximate surface area is 91.3 Å². The fraction of sp³-hybridized carbons (Fsp3) is 0.200.